The molecular weight excluding hydrogens is 358 g/mol. The van der Waals surface area contributed by atoms with E-state index in [1.165, 1.54) is 0 Å². The number of hydrogen-bond donors (Lipinski definition) is 2. The molecule has 0 atom stereocenters. The molecule has 2 rings (SSSR count). The maximum Gasteiger partial charge on any atom is 0.254 e. The molecule has 150 valence electrons. The Balaban J connectivity index is 2.15. The standard InChI is InChI=1S/C21H33N3O2S/c1-20(2,3)16-11-15(12-17(19(16)26)21(4,5)6)13-22-23-18(25)14-24-7-9-27-10-8-24/h11-13,26H,7-10,14H2,1-6H3,(H,23,25)/b22-13+. The van der Waals surface area contributed by atoms with Crippen LogP contribution < -0.4 is 5.43 Å². The minimum atomic E-state index is -0.191. The van der Waals surface area contributed by atoms with Gasteiger partial charge in [-0.15, -0.1) is 0 Å². The number of rotatable bonds is 4. The van der Waals surface area contributed by atoms with Crippen molar-refractivity contribution in [2.24, 2.45) is 5.10 Å². The van der Waals surface area contributed by atoms with Crippen molar-refractivity contribution in [3.8, 4) is 5.75 Å². The molecule has 0 aromatic heterocycles. The topological polar surface area (TPSA) is 64.9 Å². The molecule has 6 heteroatoms. The number of carbonyl (C=O) groups excluding carboxylic acids is 1. The predicted octanol–water partition coefficient (Wildman–Crippen LogP) is 3.49. The van der Waals surface area contributed by atoms with Crippen molar-refractivity contribution in [1.82, 2.24) is 10.3 Å². The minimum Gasteiger partial charge on any atom is -0.507 e. The molecule has 1 aliphatic rings. The molecule has 0 bridgehead atoms. The molecule has 1 fully saturated rings. The summed E-state index contributed by atoms with van der Waals surface area (Å²) < 4.78 is 0. The van der Waals surface area contributed by atoms with E-state index in [-0.39, 0.29) is 16.7 Å². The quantitative estimate of drug-likeness (QED) is 0.609. The van der Waals surface area contributed by atoms with Gasteiger partial charge in [-0.1, -0.05) is 41.5 Å². The second-order valence-corrected chi connectivity index (χ2v) is 10.4. The fourth-order valence-electron chi connectivity index (χ4n) is 3.05. The Morgan fingerprint density at radius 3 is 2.15 bits per heavy atom. The van der Waals surface area contributed by atoms with Crippen LogP contribution in [0.25, 0.3) is 0 Å². The van der Waals surface area contributed by atoms with Gasteiger partial charge in [-0.3, -0.25) is 9.69 Å². The van der Waals surface area contributed by atoms with Crippen LogP contribution in [-0.2, 0) is 15.6 Å². The van der Waals surface area contributed by atoms with Crippen LogP contribution in [0.3, 0.4) is 0 Å². The smallest absolute Gasteiger partial charge is 0.254 e. The molecule has 0 saturated carbocycles. The molecule has 1 aliphatic heterocycles. The maximum absolute atomic E-state index is 12.1. The summed E-state index contributed by atoms with van der Waals surface area (Å²) in [5.74, 6) is 2.41. The lowest BCUT2D eigenvalue weighted by molar-refractivity contribution is -0.122. The van der Waals surface area contributed by atoms with Gasteiger partial charge in [0.15, 0.2) is 0 Å². The van der Waals surface area contributed by atoms with Crippen LogP contribution in [0.4, 0.5) is 0 Å². The Bertz CT molecular complexity index is 661. The molecule has 1 aromatic carbocycles. The Morgan fingerprint density at radius 1 is 1.15 bits per heavy atom. The summed E-state index contributed by atoms with van der Waals surface area (Å²) in [6.07, 6.45) is 1.66. The van der Waals surface area contributed by atoms with E-state index in [1.54, 1.807) is 6.21 Å². The highest BCUT2D eigenvalue weighted by Gasteiger charge is 2.26. The number of phenols is 1. The number of nitrogens with zero attached hydrogens (tertiary/aromatic N) is 2. The molecule has 1 aromatic rings. The Kier molecular flexibility index (Phi) is 6.98. The number of thioether (sulfide) groups is 1. The molecule has 0 aliphatic carbocycles. The lowest BCUT2D eigenvalue weighted by Crippen LogP contribution is -2.40. The first-order chi connectivity index (χ1) is 12.5. The number of benzene rings is 1. The largest absolute Gasteiger partial charge is 0.507 e. The average Bonchev–Trinajstić information content (AvgIpc) is 2.55. The first kappa shape index (κ1) is 21.8. The van der Waals surface area contributed by atoms with Gasteiger partial charge >= 0.3 is 0 Å². The van der Waals surface area contributed by atoms with Gasteiger partial charge in [0, 0.05) is 35.7 Å². The third-order valence-electron chi connectivity index (χ3n) is 4.62. The number of hydrogen-bond acceptors (Lipinski definition) is 5. The summed E-state index contributed by atoms with van der Waals surface area (Å²) in [5.41, 5.74) is 4.89. The van der Waals surface area contributed by atoms with Crippen molar-refractivity contribution >= 4 is 23.9 Å². The predicted molar refractivity (Wildman–Crippen MR) is 115 cm³/mol. The van der Waals surface area contributed by atoms with Crippen LogP contribution in [0.2, 0.25) is 0 Å². The van der Waals surface area contributed by atoms with E-state index in [4.69, 9.17) is 0 Å². The van der Waals surface area contributed by atoms with Crippen molar-refractivity contribution in [3.05, 3.63) is 28.8 Å². The van der Waals surface area contributed by atoms with Gasteiger partial charge in [0.25, 0.3) is 5.91 Å². The number of hydrazone groups is 1. The summed E-state index contributed by atoms with van der Waals surface area (Å²) in [4.78, 5) is 14.2. The number of nitrogens with one attached hydrogen (secondary N) is 1. The normalized spacial score (nSPS) is 16.7. The van der Waals surface area contributed by atoms with Gasteiger partial charge in [0.2, 0.25) is 0 Å². The molecule has 1 amide bonds. The first-order valence-electron chi connectivity index (χ1n) is 9.48. The van der Waals surface area contributed by atoms with Crippen molar-refractivity contribution in [2.45, 2.75) is 52.4 Å². The summed E-state index contributed by atoms with van der Waals surface area (Å²) in [6, 6.07) is 3.89. The van der Waals surface area contributed by atoms with Gasteiger partial charge in [0.05, 0.1) is 12.8 Å². The van der Waals surface area contributed by atoms with E-state index in [2.05, 4.69) is 57.0 Å². The zero-order chi connectivity index (χ0) is 20.2. The van der Waals surface area contributed by atoms with Crippen LogP contribution in [0, 0.1) is 0 Å². The molecule has 0 radical (unpaired) electrons. The van der Waals surface area contributed by atoms with Crippen LogP contribution >= 0.6 is 11.8 Å². The van der Waals surface area contributed by atoms with Gasteiger partial charge in [-0.2, -0.15) is 16.9 Å². The fourth-order valence-corrected chi connectivity index (χ4v) is 4.03. The number of carbonyl (C=O) groups is 1. The lowest BCUT2D eigenvalue weighted by Gasteiger charge is -2.27. The van der Waals surface area contributed by atoms with Crippen molar-refractivity contribution < 1.29 is 9.90 Å². The highest BCUT2D eigenvalue weighted by atomic mass is 32.2. The van der Waals surface area contributed by atoms with E-state index in [0.29, 0.717) is 12.3 Å². The molecule has 0 spiro atoms. The second kappa shape index (κ2) is 8.65. The number of amides is 1. The molecule has 1 saturated heterocycles. The zero-order valence-electron chi connectivity index (χ0n) is 17.4. The van der Waals surface area contributed by atoms with Crippen LogP contribution in [0.1, 0.15) is 58.2 Å². The monoisotopic (exact) mass is 391 g/mol. The second-order valence-electron chi connectivity index (χ2n) is 9.15. The first-order valence-corrected chi connectivity index (χ1v) is 10.6. The highest BCUT2D eigenvalue weighted by Crippen LogP contribution is 2.39. The van der Waals surface area contributed by atoms with Crippen LogP contribution in [0.5, 0.6) is 5.75 Å². The SMILES string of the molecule is CC(C)(C)c1cc(/C=N/NC(=O)CN2CCSCC2)cc(C(C)(C)C)c1O. The van der Waals surface area contributed by atoms with E-state index in [0.717, 1.165) is 41.3 Å². The van der Waals surface area contributed by atoms with Crippen LogP contribution in [0.15, 0.2) is 17.2 Å². The maximum atomic E-state index is 12.1. The molecule has 27 heavy (non-hydrogen) atoms. The van der Waals surface area contributed by atoms with Crippen molar-refractivity contribution in [3.63, 3.8) is 0 Å². The van der Waals surface area contributed by atoms with Crippen molar-refractivity contribution in [2.75, 3.05) is 31.1 Å². The highest BCUT2D eigenvalue weighted by molar-refractivity contribution is 7.99. The molecular formula is C21H33N3O2S. The minimum absolute atomic E-state index is 0.0935. The van der Waals surface area contributed by atoms with Gasteiger partial charge in [-0.05, 0) is 28.5 Å². The molecule has 0 unspecified atom stereocenters. The summed E-state index contributed by atoms with van der Waals surface area (Å²) >= 11 is 1.93. The van der Waals surface area contributed by atoms with Crippen molar-refractivity contribution in [1.29, 1.82) is 0 Å². The number of phenolic OH excluding ortho intramolecular Hbond substituents is 1. The summed E-state index contributed by atoms with van der Waals surface area (Å²) in [6.45, 7) is 14.7. The zero-order valence-corrected chi connectivity index (χ0v) is 18.2. The Labute approximate surface area is 167 Å². The fraction of sp³-hybridized carbons (Fsp3) is 0.619. The van der Waals surface area contributed by atoms with Crippen LogP contribution in [-0.4, -0.2) is 53.3 Å². The van der Waals surface area contributed by atoms with E-state index in [1.807, 2.05) is 23.9 Å². The molecule has 5 nitrogen and oxygen atoms in total. The average molecular weight is 392 g/mol. The Morgan fingerprint density at radius 2 is 1.67 bits per heavy atom. The Hall–Kier alpha value is -1.53. The molecule has 1 heterocycles. The lowest BCUT2D eigenvalue weighted by atomic mass is 9.78. The summed E-state index contributed by atoms with van der Waals surface area (Å²) in [5, 5.41) is 14.9. The van der Waals surface area contributed by atoms with Gasteiger partial charge in [-0.25, -0.2) is 5.43 Å². The van der Waals surface area contributed by atoms with E-state index >= 15 is 0 Å². The van der Waals surface area contributed by atoms with E-state index in [9.17, 15) is 9.90 Å². The number of aromatic hydroxyl groups is 1. The van der Waals surface area contributed by atoms with Gasteiger partial charge < -0.3 is 5.11 Å². The third kappa shape index (κ3) is 6.25. The molecule has 2 N–H and O–H groups in total. The van der Waals surface area contributed by atoms with Gasteiger partial charge in [0.1, 0.15) is 5.75 Å². The van der Waals surface area contributed by atoms with E-state index < -0.39 is 0 Å². The third-order valence-corrected chi connectivity index (χ3v) is 5.56. The summed E-state index contributed by atoms with van der Waals surface area (Å²) in [7, 11) is 0.